The fourth-order valence-electron chi connectivity index (χ4n) is 2.71. The van der Waals surface area contributed by atoms with Crippen molar-refractivity contribution in [3.8, 4) is 0 Å². The predicted octanol–water partition coefficient (Wildman–Crippen LogP) is 2.34. The molecule has 0 spiro atoms. The van der Waals surface area contributed by atoms with E-state index >= 15 is 0 Å². The number of rotatable bonds is 3. The van der Waals surface area contributed by atoms with E-state index in [1.54, 1.807) is 12.3 Å². The van der Waals surface area contributed by atoms with Crippen molar-refractivity contribution >= 4 is 28.6 Å². The Morgan fingerprint density at radius 3 is 2.76 bits per heavy atom. The summed E-state index contributed by atoms with van der Waals surface area (Å²) in [5.41, 5.74) is 7.04. The monoisotopic (exact) mass is 283 g/mol. The third-order valence-electron chi connectivity index (χ3n) is 3.79. The number of anilines is 1. The molecule has 0 radical (unpaired) electrons. The van der Waals surface area contributed by atoms with Gasteiger partial charge in [0, 0.05) is 24.7 Å². The third-order valence-corrected chi connectivity index (χ3v) is 3.79. The van der Waals surface area contributed by atoms with Crippen molar-refractivity contribution in [2.24, 2.45) is 0 Å². The zero-order chi connectivity index (χ0) is 14.8. The second kappa shape index (κ2) is 5.44. The van der Waals surface area contributed by atoms with E-state index in [0.29, 0.717) is 11.5 Å². The first kappa shape index (κ1) is 13.4. The average Bonchev–Trinajstić information content (AvgIpc) is 2.98. The van der Waals surface area contributed by atoms with Crippen molar-refractivity contribution in [3.63, 3.8) is 0 Å². The summed E-state index contributed by atoms with van der Waals surface area (Å²) in [6.07, 6.45) is 5.47. The summed E-state index contributed by atoms with van der Waals surface area (Å²) in [6, 6.07) is 7.57. The van der Waals surface area contributed by atoms with Crippen LogP contribution >= 0.6 is 0 Å². The molecule has 5 heteroatoms. The van der Waals surface area contributed by atoms with E-state index in [1.165, 1.54) is 0 Å². The number of fused-ring (bicyclic) bond motifs is 1. The van der Waals surface area contributed by atoms with E-state index in [1.807, 2.05) is 29.2 Å². The Morgan fingerprint density at radius 2 is 2.05 bits per heavy atom. The maximum absolute atomic E-state index is 11.5. The van der Waals surface area contributed by atoms with Crippen LogP contribution in [0.1, 0.15) is 18.4 Å². The second-order valence-corrected chi connectivity index (χ2v) is 5.21. The summed E-state index contributed by atoms with van der Waals surface area (Å²) < 4.78 is 0. The predicted molar refractivity (Wildman–Crippen MR) is 82.6 cm³/mol. The molecular weight excluding hydrogens is 266 g/mol. The highest BCUT2D eigenvalue weighted by Crippen LogP contribution is 2.23. The second-order valence-electron chi connectivity index (χ2n) is 5.21. The number of hydrogen-bond donors (Lipinski definition) is 2. The summed E-state index contributed by atoms with van der Waals surface area (Å²) >= 11 is 0. The minimum atomic E-state index is -0.883. The number of likely N-dealkylation sites (tertiary alicyclic amines) is 1. The molecule has 1 saturated heterocycles. The van der Waals surface area contributed by atoms with Crippen molar-refractivity contribution in [3.05, 3.63) is 41.7 Å². The summed E-state index contributed by atoms with van der Waals surface area (Å²) in [7, 11) is 0. The van der Waals surface area contributed by atoms with E-state index in [2.05, 4.69) is 4.98 Å². The van der Waals surface area contributed by atoms with Crippen LogP contribution in [0.25, 0.3) is 16.8 Å². The molecule has 0 aliphatic carbocycles. The molecular formula is C16H17N3O2. The van der Waals surface area contributed by atoms with Gasteiger partial charge >= 0.3 is 5.97 Å². The lowest BCUT2D eigenvalue weighted by molar-refractivity contribution is -0.134. The Bertz CT molecular complexity index is 719. The van der Waals surface area contributed by atoms with Gasteiger partial charge in [0.15, 0.2) is 0 Å². The standard InChI is InChI=1S/C16H17N3O2/c17-15-13-4-3-11(9-12(13)5-6-18-15)10-14(16(20)21)19-7-1-2-8-19/h3-6,9-10H,1-2,7-8H2,(H2,17,18)(H,20,21). The number of hydrogen-bond acceptors (Lipinski definition) is 4. The molecule has 21 heavy (non-hydrogen) atoms. The molecule has 0 amide bonds. The minimum absolute atomic E-state index is 0.355. The molecule has 3 rings (SSSR count). The molecule has 1 fully saturated rings. The molecule has 1 aromatic heterocycles. The number of aliphatic carboxylic acids is 1. The van der Waals surface area contributed by atoms with Gasteiger partial charge in [0.2, 0.25) is 0 Å². The van der Waals surface area contributed by atoms with Gasteiger partial charge in [-0.25, -0.2) is 9.78 Å². The summed E-state index contributed by atoms with van der Waals surface area (Å²) in [5.74, 6) is -0.396. The van der Waals surface area contributed by atoms with Crippen LogP contribution in [0.5, 0.6) is 0 Å². The van der Waals surface area contributed by atoms with Crippen molar-refractivity contribution in [2.75, 3.05) is 18.8 Å². The lowest BCUT2D eigenvalue weighted by atomic mass is 10.1. The van der Waals surface area contributed by atoms with E-state index in [0.717, 1.165) is 42.3 Å². The van der Waals surface area contributed by atoms with Crippen molar-refractivity contribution in [2.45, 2.75) is 12.8 Å². The Hall–Kier alpha value is -2.56. The maximum Gasteiger partial charge on any atom is 0.352 e. The highest BCUT2D eigenvalue weighted by atomic mass is 16.4. The number of carboxylic acids is 1. The third kappa shape index (κ3) is 2.67. The molecule has 0 bridgehead atoms. The van der Waals surface area contributed by atoms with E-state index < -0.39 is 5.97 Å². The lowest BCUT2D eigenvalue weighted by Crippen LogP contribution is -2.24. The molecule has 5 nitrogen and oxygen atoms in total. The molecule has 2 aromatic rings. The zero-order valence-corrected chi connectivity index (χ0v) is 11.6. The zero-order valence-electron chi connectivity index (χ0n) is 11.6. The minimum Gasteiger partial charge on any atom is -0.477 e. The molecule has 2 heterocycles. The van der Waals surface area contributed by atoms with Gasteiger partial charge in [0.25, 0.3) is 0 Å². The number of nitrogen functional groups attached to an aromatic ring is 1. The smallest absolute Gasteiger partial charge is 0.352 e. The van der Waals surface area contributed by atoms with Crippen molar-refractivity contribution in [1.29, 1.82) is 0 Å². The normalized spacial score (nSPS) is 15.6. The van der Waals surface area contributed by atoms with Gasteiger partial charge in [-0.2, -0.15) is 0 Å². The van der Waals surface area contributed by atoms with Crippen molar-refractivity contribution < 1.29 is 9.90 Å². The number of benzene rings is 1. The van der Waals surface area contributed by atoms with Gasteiger partial charge in [-0.1, -0.05) is 12.1 Å². The molecule has 1 aromatic carbocycles. The number of carboxylic acid groups (broad SMARTS) is 1. The van der Waals surface area contributed by atoms with Crippen LogP contribution in [0, 0.1) is 0 Å². The van der Waals surface area contributed by atoms with E-state index in [9.17, 15) is 9.90 Å². The molecule has 1 aliphatic rings. The van der Waals surface area contributed by atoms with Gasteiger partial charge in [0.1, 0.15) is 11.5 Å². The SMILES string of the molecule is Nc1nccc2cc(C=C(C(=O)O)N3CCCC3)ccc12. The van der Waals surface area contributed by atoms with Gasteiger partial charge in [-0.15, -0.1) is 0 Å². The molecule has 0 saturated carbocycles. The number of nitrogens with two attached hydrogens (primary N) is 1. The fraction of sp³-hybridized carbons (Fsp3) is 0.250. The molecule has 3 N–H and O–H groups in total. The van der Waals surface area contributed by atoms with Gasteiger partial charge in [-0.05, 0) is 42.0 Å². The molecule has 0 atom stereocenters. The first-order chi connectivity index (χ1) is 10.1. The van der Waals surface area contributed by atoms with E-state index in [4.69, 9.17) is 5.73 Å². The first-order valence-electron chi connectivity index (χ1n) is 6.99. The van der Waals surface area contributed by atoms with Crippen LogP contribution in [0.3, 0.4) is 0 Å². The topological polar surface area (TPSA) is 79.4 Å². The quantitative estimate of drug-likeness (QED) is 0.845. The molecule has 1 aliphatic heterocycles. The van der Waals surface area contributed by atoms with Gasteiger partial charge < -0.3 is 15.7 Å². The number of nitrogens with zero attached hydrogens (tertiary/aromatic N) is 2. The molecule has 0 unspecified atom stereocenters. The van der Waals surface area contributed by atoms with Crippen LogP contribution < -0.4 is 5.73 Å². The summed E-state index contributed by atoms with van der Waals surface area (Å²) in [6.45, 7) is 1.62. The Balaban J connectivity index is 2.02. The fourth-order valence-corrected chi connectivity index (χ4v) is 2.71. The number of aromatic nitrogens is 1. The lowest BCUT2D eigenvalue weighted by Gasteiger charge is -2.18. The highest BCUT2D eigenvalue weighted by molar-refractivity contribution is 5.95. The van der Waals surface area contributed by atoms with Gasteiger partial charge in [0.05, 0.1) is 0 Å². The average molecular weight is 283 g/mol. The van der Waals surface area contributed by atoms with Gasteiger partial charge in [-0.3, -0.25) is 0 Å². The maximum atomic E-state index is 11.5. The summed E-state index contributed by atoms with van der Waals surface area (Å²) in [5, 5.41) is 11.3. The first-order valence-corrected chi connectivity index (χ1v) is 6.99. The number of pyridine rings is 1. The molecule has 108 valence electrons. The summed E-state index contributed by atoms with van der Waals surface area (Å²) in [4.78, 5) is 17.4. The van der Waals surface area contributed by atoms with E-state index in [-0.39, 0.29) is 0 Å². The van der Waals surface area contributed by atoms with Crippen molar-refractivity contribution in [1.82, 2.24) is 9.88 Å². The largest absolute Gasteiger partial charge is 0.477 e. The Morgan fingerprint density at radius 1 is 1.29 bits per heavy atom. The highest BCUT2D eigenvalue weighted by Gasteiger charge is 2.20. The van der Waals surface area contributed by atoms with Crippen LogP contribution in [0.2, 0.25) is 0 Å². The Labute approximate surface area is 122 Å². The Kier molecular flexibility index (Phi) is 3.48. The van der Waals surface area contributed by atoms with Crippen LogP contribution in [0.15, 0.2) is 36.2 Å². The number of carbonyl (C=O) groups is 1. The van der Waals surface area contributed by atoms with Crippen LogP contribution in [0.4, 0.5) is 5.82 Å². The van der Waals surface area contributed by atoms with Crippen LogP contribution in [-0.2, 0) is 4.79 Å². The van der Waals surface area contributed by atoms with Crippen LogP contribution in [-0.4, -0.2) is 34.0 Å².